The summed E-state index contributed by atoms with van der Waals surface area (Å²) in [6.45, 7) is 1.76. The molecule has 0 spiro atoms. The standard InChI is InChI=1S/C23H20F3N3O4S/c1-14-19(21-11-16(27)8-10-28(21)20(14)13-22(30)31)12-17-3-2-9-29(17)34(32,33)18-6-4-15(5-7-18)23(24,25)26/h2-11H,12-13,27H2,1H3,(H,30,31). The Hall–Kier alpha value is -3.73. The van der Waals surface area contributed by atoms with Gasteiger partial charge in [-0.1, -0.05) is 0 Å². The third kappa shape index (κ3) is 4.14. The van der Waals surface area contributed by atoms with E-state index in [0.717, 1.165) is 28.2 Å². The van der Waals surface area contributed by atoms with E-state index in [4.69, 9.17) is 5.73 Å². The summed E-state index contributed by atoms with van der Waals surface area (Å²) >= 11 is 0. The number of aromatic nitrogens is 2. The van der Waals surface area contributed by atoms with Gasteiger partial charge in [-0.15, -0.1) is 0 Å². The molecule has 4 rings (SSSR count). The molecule has 0 fully saturated rings. The molecule has 3 aromatic heterocycles. The van der Waals surface area contributed by atoms with Crippen LogP contribution in [-0.4, -0.2) is 27.9 Å². The minimum Gasteiger partial charge on any atom is -0.481 e. The molecule has 178 valence electrons. The van der Waals surface area contributed by atoms with E-state index in [9.17, 15) is 31.5 Å². The zero-order chi connectivity index (χ0) is 24.8. The van der Waals surface area contributed by atoms with Crippen LogP contribution in [0.5, 0.6) is 0 Å². The van der Waals surface area contributed by atoms with E-state index >= 15 is 0 Å². The summed E-state index contributed by atoms with van der Waals surface area (Å²) in [7, 11) is -4.17. The van der Waals surface area contributed by atoms with Crippen molar-refractivity contribution >= 4 is 27.2 Å². The summed E-state index contributed by atoms with van der Waals surface area (Å²) in [4.78, 5) is 11.1. The molecule has 0 aliphatic rings. The second kappa shape index (κ2) is 8.24. The largest absolute Gasteiger partial charge is 0.481 e. The average Bonchev–Trinajstić information content (AvgIpc) is 3.32. The molecule has 0 bridgehead atoms. The van der Waals surface area contributed by atoms with Gasteiger partial charge < -0.3 is 15.2 Å². The summed E-state index contributed by atoms with van der Waals surface area (Å²) < 4.78 is 67.7. The fourth-order valence-corrected chi connectivity index (χ4v) is 5.37. The predicted octanol–water partition coefficient (Wildman–Crippen LogP) is 4.11. The van der Waals surface area contributed by atoms with Gasteiger partial charge >= 0.3 is 12.1 Å². The molecule has 0 atom stereocenters. The number of carboxylic acid groups (broad SMARTS) is 1. The minimum absolute atomic E-state index is 0.130. The lowest BCUT2D eigenvalue weighted by Gasteiger charge is -2.12. The van der Waals surface area contributed by atoms with Crippen molar-refractivity contribution in [3.8, 4) is 0 Å². The number of pyridine rings is 1. The SMILES string of the molecule is Cc1c(Cc2cccn2S(=O)(=O)c2ccc(C(F)(F)F)cc2)c2cc(N)ccn2c1CC(=O)O. The lowest BCUT2D eigenvalue weighted by atomic mass is 10.0. The number of nitrogens with two attached hydrogens (primary N) is 1. The molecule has 3 N–H and O–H groups in total. The molecule has 0 aliphatic heterocycles. The Balaban J connectivity index is 1.78. The van der Waals surface area contributed by atoms with E-state index in [1.165, 1.54) is 12.3 Å². The van der Waals surface area contributed by atoms with Gasteiger partial charge in [-0.05, 0) is 66.6 Å². The molecule has 0 radical (unpaired) electrons. The topological polar surface area (TPSA) is 107 Å². The Morgan fingerprint density at radius 2 is 1.76 bits per heavy atom. The number of aliphatic carboxylic acids is 1. The molecule has 3 heterocycles. The predicted molar refractivity (Wildman–Crippen MR) is 119 cm³/mol. The van der Waals surface area contributed by atoms with Gasteiger partial charge in [0.15, 0.2) is 0 Å². The Morgan fingerprint density at radius 3 is 2.38 bits per heavy atom. The van der Waals surface area contributed by atoms with Crippen molar-refractivity contribution in [2.45, 2.75) is 30.8 Å². The highest BCUT2D eigenvalue weighted by Gasteiger charge is 2.31. The smallest absolute Gasteiger partial charge is 0.416 e. The number of nitrogen functional groups attached to an aromatic ring is 1. The number of fused-ring (bicyclic) bond motifs is 1. The van der Waals surface area contributed by atoms with Gasteiger partial charge in [0.1, 0.15) is 0 Å². The maximum atomic E-state index is 13.2. The van der Waals surface area contributed by atoms with E-state index in [0.29, 0.717) is 33.7 Å². The Kier molecular flexibility index (Phi) is 5.68. The average molecular weight is 491 g/mol. The van der Waals surface area contributed by atoms with Crippen LogP contribution >= 0.6 is 0 Å². The van der Waals surface area contributed by atoms with Crippen LogP contribution in [0, 0.1) is 6.92 Å². The van der Waals surface area contributed by atoms with E-state index in [-0.39, 0.29) is 17.7 Å². The number of hydrogen-bond donors (Lipinski definition) is 2. The Morgan fingerprint density at radius 1 is 1.09 bits per heavy atom. The number of benzene rings is 1. The fraction of sp³-hybridized carbons (Fsp3) is 0.174. The third-order valence-corrected chi connectivity index (χ3v) is 7.41. The molecular weight excluding hydrogens is 471 g/mol. The van der Waals surface area contributed by atoms with Crippen LogP contribution < -0.4 is 5.73 Å². The second-order valence-electron chi connectivity index (χ2n) is 7.84. The number of carboxylic acids is 1. The van der Waals surface area contributed by atoms with Crippen LogP contribution in [0.25, 0.3) is 5.52 Å². The van der Waals surface area contributed by atoms with Gasteiger partial charge in [0, 0.05) is 35.9 Å². The molecule has 7 nitrogen and oxygen atoms in total. The molecule has 0 saturated heterocycles. The fourth-order valence-electron chi connectivity index (χ4n) is 4.00. The van der Waals surface area contributed by atoms with Gasteiger partial charge in [0.25, 0.3) is 10.0 Å². The van der Waals surface area contributed by atoms with E-state index in [1.807, 2.05) is 0 Å². The van der Waals surface area contributed by atoms with Crippen molar-refractivity contribution < 1.29 is 31.5 Å². The number of carbonyl (C=O) groups is 1. The molecule has 34 heavy (non-hydrogen) atoms. The first-order valence-electron chi connectivity index (χ1n) is 10.1. The van der Waals surface area contributed by atoms with E-state index < -0.39 is 27.7 Å². The number of hydrogen-bond acceptors (Lipinski definition) is 4. The monoisotopic (exact) mass is 491 g/mol. The molecule has 11 heteroatoms. The van der Waals surface area contributed by atoms with E-state index in [1.54, 1.807) is 35.7 Å². The molecule has 0 aliphatic carbocycles. The Bertz CT molecular complexity index is 1500. The van der Waals surface area contributed by atoms with Crippen LogP contribution in [-0.2, 0) is 33.8 Å². The van der Waals surface area contributed by atoms with Gasteiger partial charge in [0.2, 0.25) is 0 Å². The number of alkyl halides is 3. The van der Waals surface area contributed by atoms with Crippen LogP contribution in [0.4, 0.5) is 18.9 Å². The van der Waals surface area contributed by atoms with Crippen molar-refractivity contribution in [1.82, 2.24) is 8.37 Å². The zero-order valence-electron chi connectivity index (χ0n) is 17.9. The lowest BCUT2D eigenvalue weighted by Crippen LogP contribution is -2.15. The maximum Gasteiger partial charge on any atom is 0.416 e. The van der Waals surface area contributed by atoms with Crippen LogP contribution in [0.1, 0.15) is 28.1 Å². The third-order valence-electron chi connectivity index (χ3n) is 5.67. The number of rotatable bonds is 6. The normalized spacial score (nSPS) is 12.4. The van der Waals surface area contributed by atoms with Crippen molar-refractivity contribution in [3.63, 3.8) is 0 Å². The van der Waals surface area contributed by atoms with Crippen LogP contribution in [0.2, 0.25) is 0 Å². The summed E-state index contributed by atoms with van der Waals surface area (Å²) in [5.41, 5.74) is 8.39. The summed E-state index contributed by atoms with van der Waals surface area (Å²) in [5.74, 6) is -1.01. The molecule has 4 aromatic rings. The quantitative estimate of drug-likeness (QED) is 0.422. The molecule has 0 saturated carbocycles. The minimum atomic E-state index is -4.58. The highest BCUT2D eigenvalue weighted by Crippen LogP contribution is 2.31. The first-order valence-corrected chi connectivity index (χ1v) is 11.5. The second-order valence-corrected chi connectivity index (χ2v) is 9.65. The van der Waals surface area contributed by atoms with Gasteiger partial charge in [-0.25, -0.2) is 12.4 Å². The molecule has 0 amide bonds. The van der Waals surface area contributed by atoms with Crippen LogP contribution in [0.3, 0.4) is 0 Å². The van der Waals surface area contributed by atoms with Crippen molar-refractivity contribution in [2.24, 2.45) is 0 Å². The highest BCUT2D eigenvalue weighted by atomic mass is 32.2. The molecular formula is C23H20F3N3O4S. The van der Waals surface area contributed by atoms with Gasteiger partial charge in [-0.2, -0.15) is 13.2 Å². The van der Waals surface area contributed by atoms with Gasteiger partial charge in [-0.3, -0.25) is 4.79 Å². The Labute approximate surface area is 192 Å². The summed E-state index contributed by atoms with van der Waals surface area (Å²) in [6.07, 6.45) is -1.70. The van der Waals surface area contributed by atoms with Crippen LogP contribution in [0.15, 0.2) is 65.8 Å². The molecule has 0 unspecified atom stereocenters. The van der Waals surface area contributed by atoms with Crippen molar-refractivity contribution in [1.29, 1.82) is 0 Å². The summed E-state index contributed by atoms with van der Waals surface area (Å²) in [5, 5.41) is 9.33. The van der Waals surface area contributed by atoms with Gasteiger partial charge in [0.05, 0.1) is 22.4 Å². The number of nitrogens with zero attached hydrogens (tertiary/aromatic N) is 2. The number of halogens is 3. The van der Waals surface area contributed by atoms with Crippen molar-refractivity contribution in [3.05, 3.63) is 89.0 Å². The maximum absolute atomic E-state index is 13.2. The van der Waals surface area contributed by atoms with E-state index in [2.05, 4.69) is 0 Å². The first kappa shape index (κ1) is 23.4. The highest BCUT2D eigenvalue weighted by molar-refractivity contribution is 7.90. The molecule has 1 aromatic carbocycles. The van der Waals surface area contributed by atoms with Crippen molar-refractivity contribution in [2.75, 3.05) is 5.73 Å². The first-order chi connectivity index (χ1) is 15.9. The lowest BCUT2D eigenvalue weighted by molar-refractivity contribution is -0.138. The summed E-state index contributed by atoms with van der Waals surface area (Å²) in [6, 6.07) is 9.74. The zero-order valence-corrected chi connectivity index (χ0v) is 18.7. The number of anilines is 1.